The molecule has 17 heavy (non-hydrogen) atoms. The molecular weight excluding hydrogens is 214 g/mol. The van der Waals surface area contributed by atoms with Crippen molar-refractivity contribution in [2.45, 2.75) is 13.5 Å². The molecule has 0 unspecified atom stereocenters. The minimum atomic E-state index is 0.354. The van der Waals surface area contributed by atoms with Gasteiger partial charge < -0.3 is 10.5 Å². The van der Waals surface area contributed by atoms with Gasteiger partial charge in [-0.25, -0.2) is 9.97 Å². The fourth-order valence-electron chi connectivity index (χ4n) is 1.72. The van der Waals surface area contributed by atoms with Gasteiger partial charge in [-0.1, -0.05) is 29.8 Å². The number of hydrogen-bond acceptors (Lipinski definition) is 4. The lowest BCUT2D eigenvalue weighted by Gasteiger charge is -2.10. The molecule has 0 saturated carbocycles. The molecule has 0 saturated heterocycles. The van der Waals surface area contributed by atoms with Crippen molar-refractivity contribution in [2.75, 3.05) is 7.11 Å². The summed E-state index contributed by atoms with van der Waals surface area (Å²) in [5.41, 5.74) is 9.64. The van der Waals surface area contributed by atoms with Gasteiger partial charge in [-0.2, -0.15) is 0 Å². The van der Waals surface area contributed by atoms with Gasteiger partial charge in [0.25, 0.3) is 0 Å². The van der Waals surface area contributed by atoms with Crippen molar-refractivity contribution in [3.63, 3.8) is 0 Å². The average molecular weight is 229 g/mol. The lowest BCUT2D eigenvalue weighted by atomic mass is 10.1. The van der Waals surface area contributed by atoms with E-state index in [1.807, 2.05) is 31.2 Å². The molecule has 0 amide bonds. The second-order valence-corrected chi connectivity index (χ2v) is 3.78. The molecule has 2 N–H and O–H groups in total. The summed E-state index contributed by atoms with van der Waals surface area (Å²) >= 11 is 0. The first-order valence-corrected chi connectivity index (χ1v) is 5.41. The quantitative estimate of drug-likeness (QED) is 0.873. The lowest BCUT2D eigenvalue weighted by molar-refractivity contribution is 0.392. The first kappa shape index (κ1) is 11.5. The van der Waals surface area contributed by atoms with Gasteiger partial charge in [0.15, 0.2) is 0 Å². The monoisotopic (exact) mass is 229 g/mol. The Hall–Kier alpha value is -1.94. The van der Waals surface area contributed by atoms with E-state index in [0.29, 0.717) is 12.4 Å². The number of nitrogens with two attached hydrogens (primary N) is 1. The van der Waals surface area contributed by atoms with Crippen molar-refractivity contribution >= 4 is 0 Å². The number of hydrogen-bond donors (Lipinski definition) is 1. The van der Waals surface area contributed by atoms with Gasteiger partial charge in [0, 0.05) is 12.1 Å². The fraction of sp³-hybridized carbons (Fsp3) is 0.231. The Labute approximate surface area is 100 Å². The Morgan fingerprint density at radius 1 is 1.18 bits per heavy atom. The van der Waals surface area contributed by atoms with E-state index in [1.165, 1.54) is 11.9 Å². The topological polar surface area (TPSA) is 61.0 Å². The third kappa shape index (κ3) is 2.26. The van der Waals surface area contributed by atoms with E-state index in [4.69, 9.17) is 10.5 Å². The van der Waals surface area contributed by atoms with Crippen LogP contribution >= 0.6 is 0 Å². The third-order valence-electron chi connectivity index (χ3n) is 2.63. The van der Waals surface area contributed by atoms with E-state index in [9.17, 15) is 0 Å². The number of methoxy groups -OCH3 is 1. The summed E-state index contributed by atoms with van der Waals surface area (Å²) in [5, 5.41) is 0. The Morgan fingerprint density at radius 2 is 1.88 bits per heavy atom. The lowest BCUT2D eigenvalue weighted by Crippen LogP contribution is -2.05. The molecule has 4 heteroatoms. The molecule has 2 aromatic rings. The summed E-state index contributed by atoms with van der Waals surface area (Å²) in [6, 6.07) is 8.14. The van der Waals surface area contributed by atoms with Gasteiger partial charge in [0.2, 0.25) is 5.88 Å². The third-order valence-corrected chi connectivity index (χ3v) is 2.63. The minimum Gasteiger partial charge on any atom is -0.481 e. The van der Waals surface area contributed by atoms with Crippen LogP contribution in [0.1, 0.15) is 11.1 Å². The molecule has 0 aliphatic heterocycles. The predicted octanol–water partition coefficient (Wildman–Crippen LogP) is 1.92. The molecular formula is C13H15N3O. The molecule has 0 fully saturated rings. The number of nitrogens with zero attached hydrogens (tertiary/aromatic N) is 2. The van der Waals surface area contributed by atoms with Crippen LogP contribution < -0.4 is 10.5 Å². The van der Waals surface area contributed by atoms with Gasteiger partial charge >= 0.3 is 0 Å². The van der Waals surface area contributed by atoms with E-state index in [-0.39, 0.29) is 0 Å². The molecule has 4 nitrogen and oxygen atoms in total. The Bertz CT molecular complexity index is 509. The van der Waals surface area contributed by atoms with Gasteiger partial charge in [-0.3, -0.25) is 0 Å². The number of rotatable bonds is 3. The van der Waals surface area contributed by atoms with Crippen molar-refractivity contribution < 1.29 is 4.74 Å². The van der Waals surface area contributed by atoms with Crippen molar-refractivity contribution in [1.82, 2.24) is 9.97 Å². The number of ether oxygens (including phenoxy) is 1. The van der Waals surface area contributed by atoms with Crippen LogP contribution in [0, 0.1) is 6.92 Å². The van der Waals surface area contributed by atoms with Crippen molar-refractivity contribution in [3.05, 3.63) is 41.7 Å². The van der Waals surface area contributed by atoms with Crippen molar-refractivity contribution in [2.24, 2.45) is 5.73 Å². The zero-order valence-electron chi connectivity index (χ0n) is 9.97. The molecule has 0 radical (unpaired) electrons. The normalized spacial score (nSPS) is 10.3. The molecule has 0 spiro atoms. The molecule has 1 aromatic heterocycles. The van der Waals surface area contributed by atoms with E-state index < -0.39 is 0 Å². The molecule has 1 aromatic carbocycles. The average Bonchev–Trinajstić information content (AvgIpc) is 2.38. The maximum atomic E-state index is 5.73. The van der Waals surface area contributed by atoms with E-state index in [2.05, 4.69) is 9.97 Å². The van der Waals surface area contributed by atoms with Crippen LogP contribution in [0.3, 0.4) is 0 Å². The molecule has 0 aliphatic rings. The Morgan fingerprint density at radius 3 is 2.47 bits per heavy atom. The van der Waals surface area contributed by atoms with E-state index >= 15 is 0 Å². The number of benzene rings is 1. The summed E-state index contributed by atoms with van der Waals surface area (Å²) in [6.07, 6.45) is 1.49. The van der Waals surface area contributed by atoms with Crippen LogP contribution in [0.4, 0.5) is 0 Å². The standard InChI is InChI=1S/C13H15N3O/c1-9-3-5-10(6-4-9)12-11(7-14)13(17-2)16-8-15-12/h3-6,8H,7,14H2,1-2H3. The Balaban J connectivity index is 2.54. The molecule has 0 bridgehead atoms. The largest absolute Gasteiger partial charge is 0.481 e. The first-order chi connectivity index (χ1) is 8.26. The fourth-order valence-corrected chi connectivity index (χ4v) is 1.72. The maximum absolute atomic E-state index is 5.73. The zero-order valence-corrected chi connectivity index (χ0v) is 9.97. The van der Waals surface area contributed by atoms with Crippen LogP contribution in [0.25, 0.3) is 11.3 Å². The predicted molar refractivity (Wildman–Crippen MR) is 66.6 cm³/mol. The smallest absolute Gasteiger partial charge is 0.221 e. The van der Waals surface area contributed by atoms with E-state index in [0.717, 1.165) is 16.8 Å². The SMILES string of the molecule is COc1ncnc(-c2ccc(C)cc2)c1CN. The summed E-state index contributed by atoms with van der Waals surface area (Å²) in [5.74, 6) is 0.540. The Kier molecular flexibility index (Phi) is 3.35. The highest BCUT2D eigenvalue weighted by Gasteiger charge is 2.11. The maximum Gasteiger partial charge on any atom is 0.221 e. The summed E-state index contributed by atoms with van der Waals surface area (Å²) < 4.78 is 5.19. The molecule has 88 valence electrons. The minimum absolute atomic E-state index is 0.354. The molecule has 0 atom stereocenters. The van der Waals surface area contributed by atoms with Crippen molar-refractivity contribution in [3.8, 4) is 17.1 Å². The first-order valence-electron chi connectivity index (χ1n) is 5.41. The van der Waals surface area contributed by atoms with Crippen LogP contribution in [-0.4, -0.2) is 17.1 Å². The highest BCUT2D eigenvalue weighted by molar-refractivity contribution is 5.64. The van der Waals surface area contributed by atoms with Gasteiger partial charge in [0.05, 0.1) is 18.4 Å². The van der Waals surface area contributed by atoms with Crippen molar-refractivity contribution in [1.29, 1.82) is 0 Å². The van der Waals surface area contributed by atoms with Crippen LogP contribution in [0.5, 0.6) is 5.88 Å². The van der Waals surface area contributed by atoms with Gasteiger partial charge in [0.1, 0.15) is 6.33 Å². The highest BCUT2D eigenvalue weighted by Crippen LogP contribution is 2.26. The second kappa shape index (κ2) is 4.93. The summed E-state index contributed by atoms with van der Waals surface area (Å²) in [7, 11) is 1.58. The van der Waals surface area contributed by atoms with Crippen LogP contribution in [-0.2, 0) is 6.54 Å². The summed E-state index contributed by atoms with van der Waals surface area (Å²) in [6.45, 7) is 2.40. The van der Waals surface area contributed by atoms with E-state index in [1.54, 1.807) is 7.11 Å². The van der Waals surface area contributed by atoms with Gasteiger partial charge in [-0.05, 0) is 6.92 Å². The second-order valence-electron chi connectivity index (χ2n) is 3.78. The zero-order chi connectivity index (χ0) is 12.3. The number of aryl methyl sites for hydroxylation is 1. The van der Waals surface area contributed by atoms with Gasteiger partial charge in [-0.15, -0.1) is 0 Å². The van der Waals surface area contributed by atoms with Crippen LogP contribution in [0.15, 0.2) is 30.6 Å². The molecule has 1 heterocycles. The van der Waals surface area contributed by atoms with Crippen LogP contribution in [0.2, 0.25) is 0 Å². The highest BCUT2D eigenvalue weighted by atomic mass is 16.5. The molecule has 0 aliphatic carbocycles. The summed E-state index contributed by atoms with van der Waals surface area (Å²) in [4.78, 5) is 8.35. The number of aromatic nitrogens is 2. The molecule has 2 rings (SSSR count).